The number of nitrogens with zero attached hydrogens (tertiary/aromatic N) is 2. The van der Waals surface area contributed by atoms with E-state index in [-0.39, 0.29) is 0 Å². The highest BCUT2D eigenvalue weighted by atomic mass is 32.1. The van der Waals surface area contributed by atoms with Gasteiger partial charge in [-0.1, -0.05) is 164 Å². The van der Waals surface area contributed by atoms with Gasteiger partial charge in [-0.2, -0.15) is 0 Å². The maximum atomic E-state index is 5.48. The summed E-state index contributed by atoms with van der Waals surface area (Å²) in [5, 5.41) is 5.10. The van der Waals surface area contributed by atoms with Crippen LogP contribution in [0.25, 0.3) is 104 Å². The monoisotopic (exact) mass is 730 g/mol. The minimum absolute atomic E-state index is 0.953. The molecule has 11 rings (SSSR count). The Bertz CT molecular complexity index is 3210. The van der Waals surface area contributed by atoms with Crippen LogP contribution in [-0.4, -0.2) is 9.55 Å². The summed E-state index contributed by atoms with van der Waals surface area (Å²) < 4.78 is 4.96. The maximum absolute atomic E-state index is 5.48. The summed E-state index contributed by atoms with van der Waals surface area (Å²) in [6, 6.07) is 74.2. The maximum Gasteiger partial charge on any atom is 0.0730 e. The Balaban J connectivity index is 1.13. The Hall–Kier alpha value is -7.07. The molecule has 0 aliphatic carbocycles. The third-order valence-corrected chi connectivity index (χ3v) is 12.3. The second kappa shape index (κ2) is 13.3. The van der Waals surface area contributed by atoms with Crippen LogP contribution < -0.4 is 0 Å². The van der Waals surface area contributed by atoms with E-state index in [9.17, 15) is 0 Å². The summed E-state index contributed by atoms with van der Waals surface area (Å²) >= 11 is 1.89. The smallest absolute Gasteiger partial charge is 0.0730 e. The molecule has 262 valence electrons. The zero-order valence-electron chi connectivity index (χ0n) is 30.4. The Morgan fingerprint density at radius 3 is 1.66 bits per heavy atom. The number of fused-ring (bicyclic) bond motifs is 7. The van der Waals surface area contributed by atoms with Gasteiger partial charge in [0.25, 0.3) is 0 Å². The second-order valence-corrected chi connectivity index (χ2v) is 15.3. The van der Waals surface area contributed by atoms with Gasteiger partial charge in [0.2, 0.25) is 0 Å². The van der Waals surface area contributed by atoms with Gasteiger partial charge in [0.1, 0.15) is 0 Å². The van der Waals surface area contributed by atoms with Crippen molar-refractivity contribution >= 4 is 53.3 Å². The number of benzene rings is 8. The Kier molecular flexibility index (Phi) is 7.72. The number of hydrogen-bond acceptors (Lipinski definition) is 2. The summed E-state index contributed by atoms with van der Waals surface area (Å²) in [5.74, 6) is 0. The van der Waals surface area contributed by atoms with Gasteiger partial charge >= 0.3 is 0 Å². The van der Waals surface area contributed by atoms with E-state index in [1.165, 1.54) is 69.9 Å². The van der Waals surface area contributed by atoms with Crippen LogP contribution in [0, 0.1) is 0 Å². The van der Waals surface area contributed by atoms with Crippen LogP contribution in [0.4, 0.5) is 0 Å². The number of rotatable bonds is 6. The van der Waals surface area contributed by atoms with Gasteiger partial charge in [-0.15, -0.1) is 11.3 Å². The van der Waals surface area contributed by atoms with Gasteiger partial charge in [0, 0.05) is 47.8 Å². The summed E-state index contributed by atoms with van der Waals surface area (Å²) in [6.07, 6.45) is 0. The molecule has 0 bridgehead atoms. The van der Waals surface area contributed by atoms with Gasteiger partial charge < -0.3 is 4.57 Å². The highest BCUT2D eigenvalue weighted by Crippen LogP contribution is 2.46. The van der Waals surface area contributed by atoms with Crippen LogP contribution in [-0.2, 0) is 0 Å². The molecule has 0 radical (unpaired) electrons. The molecule has 0 saturated carbocycles. The van der Waals surface area contributed by atoms with Gasteiger partial charge in [-0.3, -0.25) is 0 Å². The molecular weight excluding hydrogens is 697 g/mol. The van der Waals surface area contributed by atoms with E-state index in [1.54, 1.807) is 0 Å². The number of pyridine rings is 1. The fourth-order valence-electron chi connectivity index (χ4n) is 8.32. The van der Waals surface area contributed by atoms with Crippen LogP contribution in [0.15, 0.2) is 206 Å². The lowest BCUT2D eigenvalue weighted by Crippen LogP contribution is -1.92. The average molecular weight is 731 g/mol. The quantitative estimate of drug-likeness (QED) is 0.167. The highest BCUT2D eigenvalue weighted by Gasteiger charge is 2.20. The first-order valence-corrected chi connectivity index (χ1v) is 19.9. The standard InChI is InChI=1S/C53H34N2S/c1-4-14-35(15-5-1)37-26-28-38(29-27-37)41-33-47(40-19-12-18-39(32-40)36-16-6-2-7-17-36)54-48(34-41)45-24-13-23-43-44-30-31-50-51(53(44)56-52(43)45)46-22-10-11-25-49(46)55(50)42-20-8-3-9-21-42/h1-34H. The topological polar surface area (TPSA) is 17.8 Å². The van der Waals surface area contributed by atoms with Gasteiger partial charge in [0.15, 0.2) is 0 Å². The molecule has 11 aromatic rings. The highest BCUT2D eigenvalue weighted by molar-refractivity contribution is 7.27. The molecule has 3 heteroatoms. The zero-order chi connectivity index (χ0) is 37.0. The number of para-hydroxylation sites is 2. The normalized spacial score (nSPS) is 11.6. The minimum Gasteiger partial charge on any atom is -0.309 e. The van der Waals surface area contributed by atoms with Gasteiger partial charge in [-0.25, -0.2) is 4.98 Å². The predicted octanol–water partition coefficient (Wildman–Crippen LogP) is 14.9. The van der Waals surface area contributed by atoms with E-state index in [2.05, 4.69) is 211 Å². The van der Waals surface area contributed by atoms with Crippen molar-refractivity contribution < 1.29 is 0 Å². The predicted molar refractivity (Wildman–Crippen MR) is 239 cm³/mol. The van der Waals surface area contributed by atoms with Crippen molar-refractivity contribution in [1.82, 2.24) is 9.55 Å². The zero-order valence-corrected chi connectivity index (χ0v) is 31.2. The van der Waals surface area contributed by atoms with E-state index in [0.717, 1.165) is 33.6 Å². The van der Waals surface area contributed by atoms with Gasteiger partial charge in [-0.05, 0) is 75.8 Å². The van der Waals surface area contributed by atoms with Gasteiger partial charge in [0.05, 0.1) is 22.4 Å². The lowest BCUT2D eigenvalue weighted by molar-refractivity contribution is 1.18. The third kappa shape index (κ3) is 5.44. The molecular formula is C53H34N2S. The summed E-state index contributed by atoms with van der Waals surface area (Å²) in [7, 11) is 0. The average Bonchev–Trinajstić information content (AvgIpc) is 3.83. The molecule has 8 aromatic carbocycles. The number of hydrogen-bond donors (Lipinski definition) is 0. The van der Waals surface area contributed by atoms with Crippen molar-refractivity contribution in [3.05, 3.63) is 206 Å². The third-order valence-electron chi connectivity index (χ3n) is 11.0. The van der Waals surface area contributed by atoms with Crippen molar-refractivity contribution in [3.63, 3.8) is 0 Å². The largest absolute Gasteiger partial charge is 0.309 e. The fourth-order valence-corrected chi connectivity index (χ4v) is 9.70. The molecule has 0 saturated heterocycles. The summed E-state index contributed by atoms with van der Waals surface area (Å²) in [6.45, 7) is 0. The molecule has 0 atom stereocenters. The molecule has 0 aliphatic heterocycles. The molecule has 3 aromatic heterocycles. The van der Waals surface area contributed by atoms with E-state index in [0.29, 0.717) is 0 Å². The van der Waals surface area contributed by atoms with Crippen molar-refractivity contribution in [2.24, 2.45) is 0 Å². The Morgan fingerprint density at radius 1 is 0.339 bits per heavy atom. The molecule has 0 spiro atoms. The van der Waals surface area contributed by atoms with Crippen LogP contribution in [0.2, 0.25) is 0 Å². The molecule has 0 aliphatic rings. The van der Waals surface area contributed by atoms with E-state index < -0.39 is 0 Å². The van der Waals surface area contributed by atoms with E-state index in [4.69, 9.17) is 4.98 Å². The molecule has 0 N–H and O–H groups in total. The molecule has 56 heavy (non-hydrogen) atoms. The van der Waals surface area contributed by atoms with Crippen LogP contribution >= 0.6 is 11.3 Å². The first-order valence-electron chi connectivity index (χ1n) is 19.0. The number of thiophene rings is 1. The van der Waals surface area contributed by atoms with Crippen molar-refractivity contribution in [1.29, 1.82) is 0 Å². The summed E-state index contributed by atoms with van der Waals surface area (Å²) in [4.78, 5) is 5.48. The number of aromatic nitrogens is 2. The lowest BCUT2D eigenvalue weighted by atomic mass is 9.96. The second-order valence-electron chi connectivity index (χ2n) is 14.3. The molecule has 0 unspecified atom stereocenters. The molecule has 2 nitrogen and oxygen atoms in total. The van der Waals surface area contributed by atoms with Crippen molar-refractivity contribution in [3.8, 4) is 61.6 Å². The fraction of sp³-hybridized carbons (Fsp3) is 0. The molecule has 0 fully saturated rings. The SMILES string of the molecule is c1ccc(-c2ccc(-c3cc(-c4cccc(-c5ccccc5)c4)nc(-c4cccc5c4sc4c5ccc5c4c4ccccc4n5-c4ccccc4)c3)cc2)cc1. The van der Waals surface area contributed by atoms with Crippen molar-refractivity contribution in [2.75, 3.05) is 0 Å². The molecule has 0 amide bonds. The van der Waals surface area contributed by atoms with E-state index >= 15 is 0 Å². The van der Waals surface area contributed by atoms with E-state index in [1.807, 2.05) is 11.3 Å². The van der Waals surface area contributed by atoms with Crippen LogP contribution in [0.1, 0.15) is 0 Å². The van der Waals surface area contributed by atoms with Crippen LogP contribution in [0.3, 0.4) is 0 Å². The van der Waals surface area contributed by atoms with Crippen molar-refractivity contribution in [2.45, 2.75) is 0 Å². The first-order chi connectivity index (χ1) is 27.8. The summed E-state index contributed by atoms with van der Waals surface area (Å²) in [5.41, 5.74) is 14.8. The Labute approximate surface area is 329 Å². The first kappa shape index (κ1) is 32.4. The Morgan fingerprint density at radius 2 is 0.893 bits per heavy atom. The minimum atomic E-state index is 0.953. The van der Waals surface area contributed by atoms with Crippen LogP contribution in [0.5, 0.6) is 0 Å². The molecule has 3 heterocycles. The lowest BCUT2D eigenvalue weighted by Gasteiger charge is -2.12.